The van der Waals surface area contributed by atoms with E-state index in [1.165, 1.54) is 103 Å². The van der Waals surface area contributed by atoms with Crippen molar-refractivity contribution >= 4 is 10.1 Å². The molecule has 3 nitrogen and oxygen atoms in total. The van der Waals surface area contributed by atoms with Crippen molar-refractivity contribution in [2.75, 3.05) is 5.75 Å². The molecule has 0 aliphatic heterocycles. The Morgan fingerprint density at radius 1 is 0.500 bits per heavy atom. The van der Waals surface area contributed by atoms with Gasteiger partial charge in [0.15, 0.2) is 0 Å². The second kappa shape index (κ2) is 22.2. The van der Waals surface area contributed by atoms with E-state index in [9.17, 15) is 8.42 Å². The third-order valence-corrected chi connectivity index (χ3v) is 5.81. The SMILES string of the molecule is CCCCCCCCCCCCCCCCCCCCCS(=O)(=O)O.[Na+]. The van der Waals surface area contributed by atoms with Gasteiger partial charge in [-0.25, -0.2) is 0 Å². The summed E-state index contributed by atoms with van der Waals surface area (Å²) >= 11 is 0. The standard InChI is InChI=1S/C21H44O3S.Na/c1-2-3-4-5-6-7-8-9-10-11-12-13-14-15-16-17-18-19-20-21-25(22,23)24;/h2-21H2,1H3,(H,22,23,24);/q;+1. The van der Waals surface area contributed by atoms with Crippen LogP contribution in [0.5, 0.6) is 0 Å². The van der Waals surface area contributed by atoms with E-state index in [2.05, 4.69) is 6.92 Å². The molecule has 26 heavy (non-hydrogen) atoms. The molecule has 0 bridgehead atoms. The van der Waals surface area contributed by atoms with E-state index < -0.39 is 10.1 Å². The average molecular weight is 400 g/mol. The maximum atomic E-state index is 10.6. The van der Waals surface area contributed by atoms with Gasteiger partial charge < -0.3 is 0 Å². The zero-order valence-electron chi connectivity index (χ0n) is 17.8. The minimum atomic E-state index is -3.75. The van der Waals surface area contributed by atoms with Crippen LogP contribution in [0.2, 0.25) is 0 Å². The van der Waals surface area contributed by atoms with Crippen LogP contribution in [0.15, 0.2) is 0 Å². The van der Waals surface area contributed by atoms with Gasteiger partial charge in [-0.15, -0.1) is 0 Å². The summed E-state index contributed by atoms with van der Waals surface area (Å²) in [7, 11) is -3.75. The molecule has 0 heterocycles. The molecule has 0 rings (SSSR count). The van der Waals surface area contributed by atoms with Crippen LogP contribution in [-0.2, 0) is 10.1 Å². The quantitative estimate of drug-likeness (QED) is 0.189. The summed E-state index contributed by atoms with van der Waals surface area (Å²) in [6, 6.07) is 0. The molecule has 5 heteroatoms. The van der Waals surface area contributed by atoms with Gasteiger partial charge in [-0.05, 0) is 6.42 Å². The van der Waals surface area contributed by atoms with Crippen molar-refractivity contribution in [3.8, 4) is 0 Å². The fourth-order valence-corrected chi connectivity index (χ4v) is 3.93. The van der Waals surface area contributed by atoms with Crippen molar-refractivity contribution in [3.05, 3.63) is 0 Å². The molecule has 0 amide bonds. The molecule has 0 spiro atoms. The van der Waals surface area contributed by atoms with Gasteiger partial charge in [-0.1, -0.05) is 122 Å². The van der Waals surface area contributed by atoms with Crippen molar-refractivity contribution in [1.29, 1.82) is 0 Å². The van der Waals surface area contributed by atoms with Crippen LogP contribution in [-0.4, -0.2) is 18.7 Å². The van der Waals surface area contributed by atoms with Crippen LogP contribution in [0, 0.1) is 0 Å². The van der Waals surface area contributed by atoms with Gasteiger partial charge in [0.2, 0.25) is 0 Å². The van der Waals surface area contributed by atoms with Crippen LogP contribution in [0.1, 0.15) is 129 Å². The molecule has 0 aromatic rings. The normalized spacial score (nSPS) is 11.5. The second-order valence-corrected chi connectivity index (χ2v) is 9.22. The van der Waals surface area contributed by atoms with Gasteiger partial charge in [0.05, 0.1) is 5.75 Å². The summed E-state index contributed by atoms with van der Waals surface area (Å²) in [5.74, 6) is -0.0775. The summed E-state index contributed by atoms with van der Waals surface area (Å²) in [4.78, 5) is 0. The van der Waals surface area contributed by atoms with Crippen LogP contribution in [0.3, 0.4) is 0 Å². The molecule has 1 N–H and O–H groups in total. The molecule has 0 aromatic carbocycles. The fourth-order valence-electron chi connectivity index (χ4n) is 3.36. The zero-order valence-corrected chi connectivity index (χ0v) is 20.6. The first-order chi connectivity index (χ1) is 12.1. The van der Waals surface area contributed by atoms with E-state index in [-0.39, 0.29) is 35.3 Å². The Bertz CT molecular complexity index is 358. The topological polar surface area (TPSA) is 54.4 Å². The summed E-state index contributed by atoms with van der Waals surface area (Å²) in [6.07, 6.45) is 24.7. The van der Waals surface area contributed by atoms with Gasteiger partial charge in [-0.3, -0.25) is 4.55 Å². The third-order valence-electron chi connectivity index (χ3n) is 5.01. The van der Waals surface area contributed by atoms with Gasteiger partial charge >= 0.3 is 29.6 Å². The number of rotatable bonds is 20. The molecule has 0 aliphatic carbocycles. The Morgan fingerprint density at radius 2 is 0.731 bits per heavy atom. The summed E-state index contributed by atoms with van der Waals surface area (Å²) in [6.45, 7) is 2.27. The van der Waals surface area contributed by atoms with E-state index >= 15 is 0 Å². The monoisotopic (exact) mass is 399 g/mol. The number of unbranched alkanes of at least 4 members (excludes halogenated alkanes) is 18. The second-order valence-electron chi connectivity index (χ2n) is 7.65. The predicted octanol–water partition coefficient (Wildman–Crippen LogP) is 4.31. The molecule has 0 radical (unpaired) electrons. The van der Waals surface area contributed by atoms with Crippen molar-refractivity contribution in [1.82, 2.24) is 0 Å². The average Bonchev–Trinajstić information content (AvgIpc) is 2.56. The Labute approximate surface area is 186 Å². The summed E-state index contributed by atoms with van der Waals surface area (Å²) < 4.78 is 29.8. The fraction of sp³-hybridized carbons (Fsp3) is 1.00. The van der Waals surface area contributed by atoms with Crippen LogP contribution < -0.4 is 29.6 Å². The molecule has 0 aromatic heterocycles. The van der Waals surface area contributed by atoms with E-state index in [1.807, 2.05) is 0 Å². The maximum Gasteiger partial charge on any atom is 1.00 e. The minimum absolute atomic E-state index is 0. The molecule has 0 unspecified atom stereocenters. The molecule has 0 saturated heterocycles. The molecule has 0 fully saturated rings. The molecule has 0 aliphatic rings. The first-order valence-electron chi connectivity index (χ1n) is 11.0. The van der Waals surface area contributed by atoms with E-state index in [0.29, 0.717) is 6.42 Å². The van der Waals surface area contributed by atoms with Crippen LogP contribution in [0.4, 0.5) is 0 Å². The minimum Gasteiger partial charge on any atom is -0.286 e. The number of hydrogen-bond acceptors (Lipinski definition) is 2. The van der Waals surface area contributed by atoms with Crippen molar-refractivity contribution in [2.24, 2.45) is 0 Å². The zero-order chi connectivity index (χ0) is 18.6. The van der Waals surface area contributed by atoms with Crippen LogP contribution >= 0.6 is 0 Å². The molecular formula is C21H44NaO3S+. The first kappa shape index (κ1) is 29.1. The Balaban J connectivity index is 0. The van der Waals surface area contributed by atoms with E-state index in [0.717, 1.165) is 12.8 Å². The Morgan fingerprint density at radius 3 is 0.962 bits per heavy atom. The summed E-state index contributed by atoms with van der Waals surface area (Å²) in [5.41, 5.74) is 0. The van der Waals surface area contributed by atoms with Gasteiger partial charge in [0.25, 0.3) is 10.1 Å². The van der Waals surface area contributed by atoms with Gasteiger partial charge in [0.1, 0.15) is 0 Å². The smallest absolute Gasteiger partial charge is 0.286 e. The van der Waals surface area contributed by atoms with E-state index in [1.54, 1.807) is 0 Å². The van der Waals surface area contributed by atoms with Gasteiger partial charge in [0, 0.05) is 0 Å². The Hall–Kier alpha value is 0.910. The summed E-state index contributed by atoms with van der Waals surface area (Å²) in [5, 5.41) is 0. The number of hydrogen-bond donors (Lipinski definition) is 1. The molecule has 0 atom stereocenters. The molecular weight excluding hydrogens is 355 g/mol. The third kappa shape index (κ3) is 27.1. The maximum absolute atomic E-state index is 10.6. The predicted molar refractivity (Wildman–Crippen MR) is 110 cm³/mol. The van der Waals surface area contributed by atoms with Crippen molar-refractivity contribution < 1.29 is 42.5 Å². The largest absolute Gasteiger partial charge is 1.00 e. The molecule has 152 valence electrons. The van der Waals surface area contributed by atoms with Crippen LogP contribution in [0.25, 0.3) is 0 Å². The Kier molecular flexibility index (Phi) is 24.9. The molecule has 0 saturated carbocycles. The van der Waals surface area contributed by atoms with Gasteiger partial charge in [-0.2, -0.15) is 8.42 Å². The first-order valence-corrected chi connectivity index (χ1v) is 12.6. The van der Waals surface area contributed by atoms with Crippen molar-refractivity contribution in [3.63, 3.8) is 0 Å². The van der Waals surface area contributed by atoms with E-state index in [4.69, 9.17) is 4.55 Å². The van der Waals surface area contributed by atoms with Crippen molar-refractivity contribution in [2.45, 2.75) is 129 Å².